The van der Waals surface area contributed by atoms with E-state index < -0.39 is 5.82 Å². The summed E-state index contributed by atoms with van der Waals surface area (Å²) >= 11 is 1.42. The summed E-state index contributed by atoms with van der Waals surface area (Å²) in [6.45, 7) is 2.94. The van der Waals surface area contributed by atoms with Crippen molar-refractivity contribution in [2.75, 3.05) is 48.3 Å². The Bertz CT molecular complexity index is 628. The van der Waals surface area contributed by atoms with Crippen LogP contribution in [0.25, 0.3) is 0 Å². The van der Waals surface area contributed by atoms with Gasteiger partial charge in [-0.15, -0.1) is 11.3 Å². The second kappa shape index (κ2) is 5.68. The molecule has 0 bridgehead atoms. The highest BCUT2D eigenvalue weighted by Crippen LogP contribution is 2.25. The summed E-state index contributed by atoms with van der Waals surface area (Å²) in [7, 11) is 1.63. The second-order valence-electron chi connectivity index (χ2n) is 4.58. The molecule has 21 heavy (non-hydrogen) atoms. The summed E-state index contributed by atoms with van der Waals surface area (Å²) in [5.41, 5.74) is 0. The number of aromatic nitrogens is 3. The maximum atomic E-state index is 13.4. The Hall–Kier alpha value is -2.16. The van der Waals surface area contributed by atoms with Crippen LogP contribution in [-0.4, -0.2) is 53.3 Å². The van der Waals surface area contributed by atoms with Crippen molar-refractivity contribution < 1.29 is 9.50 Å². The number of anilines is 3. The molecule has 112 valence electrons. The number of halogens is 1. The fourth-order valence-corrected chi connectivity index (χ4v) is 2.93. The molecule has 9 heteroatoms. The van der Waals surface area contributed by atoms with Crippen molar-refractivity contribution in [1.29, 1.82) is 0 Å². The van der Waals surface area contributed by atoms with Gasteiger partial charge in [0.2, 0.25) is 11.8 Å². The Labute approximate surface area is 125 Å². The minimum absolute atomic E-state index is 0.0537. The molecular formula is C12H15FN6OS. The number of piperazine rings is 1. The fourth-order valence-electron chi connectivity index (χ4n) is 2.18. The molecule has 1 aliphatic heterocycles. The largest absolute Gasteiger partial charge is 0.493 e. The molecule has 0 aliphatic carbocycles. The number of rotatable bonds is 3. The second-order valence-corrected chi connectivity index (χ2v) is 5.42. The lowest BCUT2D eigenvalue weighted by Gasteiger charge is -2.34. The molecular weight excluding hydrogens is 295 g/mol. The lowest BCUT2D eigenvalue weighted by atomic mass is 10.3. The molecule has 0 aromatic carbocycles. The van der Waals surface area contributed by atoms with Gasteiger partial charge in [0.15, 0.2) is 16.8 Å². The predicted molar refractivity (Wildman–Crippen MR) is 79.7 cm³/mol. The molecule has 2 N–H and O–H groups in total. The molecule has 0 atom stereocenters. The Morgan fingerprint density at radius 3 is 2.57 bits per heavy atom. The highest BCUT2D eigenvalue weighted by molar-refractivity contribution is 7.13. The molecule has 1 saturated heterocycles. The highest BCUT2D eigenvalue weighted by atomic mass is 32.1. The zero-order valence-corrected chi connectivity index (χ0v) is 12.3. The minimum Gasteiger partial charge on any atom is -0.493 e. The van der Waals surface area contributed by atoms with E-state index in [2.05, 4.69) is 25.2 Å². The first-order valence-corrected chi connectivity index (χ1v) is 7.40. The molecule has 2 aromatic heterocycles. The molecule has 3 heterocycles. The normalized spacial score (nSPS) is 15.3. The van der Waals surface area contributed by atoms with E-state index in [9.17, 15) is 9.50 Å². The van der Waals surface area contributed by atoms with Crippen molar-refractivity contribution in [3.05, 3.63) is 17.4 Å². The van der Waals surface area contributed by atoms with E-state index in [4.69, 9.17) is 0 Å². The van der Waals surface area contributed by atoms with Crippen molar-refractivity contribution in [3.8, 4) is 5.88 Å². The predicted octanol–water partition coefficient (Wildman–Crippen LogP) is 1.15. The SMILES string of the molecule is CNc1nc(N2CCN(c3nc(O)cs3)CC2)ncc1F. The Balaban J connectivity index is 1.68. The van der Waals surface area contributed by atoms with E-state index in [1.165, 1.54) is 17.5 Å². The monoisotopic (exact) mass is 310 g/mol. The lowest BCUT2D eigenvalue weighted by Crippen LogP contribution is -2.47. The molecule has 1 aliphatic rings. The highest BCUT2D eigenvalue weighted by Gasteiger charge is 2.21. The van der Waals surface area contributed by atoms with E-state index in [0.29, 0.717) is 5.95 Å². The topological polar surface area (TPSA) is 77.4 Å². The van der Waals surface area contributed by atoms with E-state index in [-0.39, 0.29) is 11.7 Å². The van der Waals surface area contributed by atoms with E-state index in [0.717, 1.165) is 31.3 Å². The molecule has 0 spiro atoms. The Kier molecular flexibility index (Phi) is 3.74. The molecule has 1 fully saturated rings. The first kappa shape index (κ1) is 13.8. The van der Waals surface area contributed by atoms with Crippen LogP contribution in [0.4, 0.5) is 21.3 Å². The quantitative estimate of drug-likeness (QED) is 0.880. The van der Waals surface area contributed by atoms with Crippen molar-refractivity contribution in [3.63, 3.8) is 0 Å². The standard InChI is InChI=1S/C12H15FN6OS/c1-14-10-8(13)6-15-11(17-10)18-2-4-19(5-3-18)12-16-9(20)7-21-12/h6-7,20H,2-5H2,1H3,(H,14,15,17). The summed E-state index contributed by atoms with van der Waals surface area (Å²) in [6.07, 6.45) is 1.18. The molecule has 0 unspecified atom stereocenters. The van der Waals surface area contributed by atoms with Gasteiger partial charge in [-0.1, -0.05) is 0 Å². The van der Waals surface area contributed by atoms with Gasteiger partial charge >= 0.3 is 0 Å². The van der Waals surface area contributed by atoms with Gasteiger partial charge in [0.25, 0.3) is 0 Å². The van der Waals surface area contributed by atoms with E-state index >= 15 is 0 Å². The van der Waals surface area contributed by atoms with Crippen LogP contribution in [0.2, 0.25) is 0 Å². The average Bonchev–Trinajstić information content (AvgIpc) is 2.94. The number of nitrogens with zero attached hydrogens (tertiary/aromatic N) is 5. The first-order valence-electron chi connectivity index (χ1n) is 6.52. The fraction of sp³-hybridized carbons (Fsp3) is 0.417. The molecule has 0 saturated carbocycles. The molecule has 0 radical (unpaired) electrons. The van der Waals surface area contributed by atoms with Gasteiger partial charge in [0, 0.05) is 33.2 Å². The van der Waals surface area contributed by atoms with E-state index in [1.54, 1.807) is 12.4 Å². The zero-order valence-electron chi connectivity index (χ0n) is 11.5. The van der Waals surface area contributed by atoms with Gasteiger partial charge in [0.1, 0.15) is 0 Å². The van der Waals surface area contributed by atoms with Gasteiger partial charge in [-0.05, 0) is 0 Å². The van der Waals surface area contributed by atoms with Crippen LogP contribution in [0, 0.1) is 5.82 Å². The lowest BCUT2D eigenvalue weighted by molar-refractivity contribution is 0.457. The molecule has 0 amide bonds. The number of nitrogens with one attached hydrogen (secondary N) is 1. The third-order valence-electron chi connectivity index (χ3n) is 3.28. The smallest absolute Gasteiger partial charge is 0.227 e. The van der Waals surface area contributed by atoms with Crippen LogP contribution < -0.4 is 15.1 Å². The van der Waals surface area contributed by atoms with Gasteiger partial charge in [-0.2, -0.15) is 9.97 Å². The third-order valence-corrected chi connectivity index (χ3v) is 4.17. The third kappa shape index (κ3) is 2.82. The maximum Gasteiger partial charge on any atom is 0.227 e. The van der Waals surface area contributed by atoms with Crippen LogP contribution >= 0.6 is 11.3 Å². The minimum atomic E-state index is -0.460. The van der Waals surface area contributed by atoms with Crippen LogP contribution in [0.1, 0.15) is 0 Å². The van der Waals surface area contributed by atoms with Gasteiger partial charge in [-0.3, -0.25) is 0 Å². The summed E-state index contributed by atoms with van der Waals surface area (Å²) in [5.74, 6) is 0.311. The van der Waals surface area contributed by atoms with Crippen LogP contribution in [0.15, 0.2) is 11.6 Å². The summed E-state index contributed by atoms with van der Waals surface area (Å²) in [4.78, 5) is 16.4. The number of hydrogen-bond acceptors (Lipinski definition) is 8. The summed E-state index contributed by atoms with van der Waals surface area (Å²) < 4.78 is 13.4. The number of aromatic hydroxyl groups is 1. The summed E-state index contributed by atoms with van der Waals surface area (Å²) in [6, 6.07) is 0. The van der Waals surface area contributed by atoms with Crippen molar-refractivity contribution >= 4 is 28.2 Å². The van der Waals surface area contributed by atoms with Crippen molar-refractivity contribution in [2.45, 2.75) is 0 Å². The Morgan fingerprint density at radius 2 is 1.95 bits per heavy atom. The van der Waals surface area contributed by atoms with Gasteiger partial charge in [-0.25, -0.2) is 9.37 Å². The van der Waals surface area contributed by atoms with Crippen LogP contribution in [-0.2, 0) is 0 Å². The van der Waals surface area contributed by atoms with Crippen LogP contribution in [0.3, 0.4) is 0 Å². The Morgan fingerprint density at radius 1 is 1.24 bits per heavy atom. The maximum absolute atomic E-state index is 13.4. The van der Waals surface area contributed by atoms with Gasteiger partial charge < -0.3 is 20.2 Å². The molecule has 3 rings (SSSR count). The van der Waals surface area contributed by atoms with Crippen molar-refractivity contribution in [2.24, 2.45) is 0 Å². The molecule has 2 aromatic rings. The van der Waals surface area contributed by atoms with E-state index in [1.807, 2.05) is 4.90 Å². The van der Waals surface area contributed by atoms with Crippen molar-refractivity contribution in [1.82, 2.24) is 15.0 Å². The zero-order chi connectivity index (χ0) is 14.8. The van der Waals surface area contributed by atoms with Gasteiger partial charge in [0.05, 0.1) is 11.6 Å². The van der Waals surface area contributed by atoms with Crippen LogP contribution in [0.5, 0.6) is 5.88 Å². The summed E-state index contributed by atoms with van der Waals surface area (Å²) in [5, 5.41) is 14.4. The number of hydrogen-bond donors (Lipinski definition) is 2. The first-order chi connectivity index (χ1) is 10.2. The number of thiazole rings is 1. The average molecular weight is 310 g/mol. The molecule has 7 nitrogen and oxygen atoms in total.